The maximum atomic E-state index is 13.0. The molecule has 7 heteroatoms. The van der Waals surface area contributed by atoms with Crippen molar-refractivity contribution >= 4 is 5.97 Å². The minimum Gasteiger partial charge on any atom is -0.480 e. The molecule has 94 valence electrons. The van der Waals surface area contributed by atoms with E-state index in [9.17, 15) is 18.0 Å². The third-order valence-electron chi connectivity index (χ3n) is 2.25. The summed E-state index contributed by atoms with van der Waals surface area (Å²) in [6.45, 7) is -0.369. The van der Waals surface area contributed by atoms with Gasteiger partial charge in [0.15, 0.2) is 17.5 Å². The molecule has 0 amide bonds. The van der Waals surface area contributed by atoms with Crippen LogP contribution in [-0.4, -0.2) is 20.9 Å². The van der Waals surface area contributed by atoms with Gasteiger partial charge in [0.1, 0.15) is 6.54 Å². The molecule has 0 aliphatic rings. The maximum absolute atomic E-state index is 13.0. The van der Waals surface area contributed by atoms with Gasteiger partial charge in [-0.15, -0.1) is 0 Å². The molecular weight excluding hydrogens is 249 g/mol. The standard InChI is InChI=1S/C11H7F3N2O2/c12-8-1-6(2-9(13)11(8)14)7-3-15-16(4-7)5-10(17)18/h1-4H,5H2,(H,17,18). The summed E-state index contributed by atoms with van der Waals surface area (Å²) in [4.78, 5) is 10.4. The van der Waals surface area contributed by atoms with Gasteiger partial charge in [-0.2, -0.15) is 5.10 Å². The van der Waals surface area contributed by atoms with Gasteiger partial charge in [0, 0.05) is 11.8 Å². The lowest BCUT2D eigenvalue weighted by Crippen LogP contribution is -2.08. The Balaban J connectivity index is 2.37. The first kappa shape index (κ1) is 12.2. The van der Waals surface area contributed by atoms with Crippen molar-refractivity contribution < 1.29 is 23.1 Å². The first-order chi connectivity index (χ1) is 8.47. The molecule has 0 spiro atoms. The lowest BCUT2D eigenvalue weighted by molar-refractivity contribution is -0.137. The van der Waals surface area contributed by atoms with Crippen LogP contribution in [0.1, 0.15) is 0 Å². The number of nitrogens with zero attached hydrogens (tertiary/aromatic N) is 2. The van der Waals surface area contributed by atoms with Crippen LogP contribution in [0.4, 0.5) is 13.2 Å². The number of carbonyl (C=O) groups is 1. The molecule has 1 heterocycles. The van der Waals surface area contributed by atoms with E-state index < -0.39 is 23.4 Å². The van der Waals surface area contributed by atoms with Gasteiger partial charge in [0.05, 0.1) is 6.20 Å². The van der Waals surface area contributed by atoms with Crippen molar-refractivity contribution in [2.75, 3.05) is 0 Å². The van der Waals surface area contributed by atoms with E-state index in [1.807, 2.05) is 0 Å². The van der Waals surface area contributed by atoms with Crippen molar-refractivity contribution in [3.8, 4) is 11.1 Å². The van der Waals surface area contributed by atoms with Crippen molar-refractivity contribution in [2.24, 2.45) is 0 Å². The quantitative estimate of drug-likeness (QED) is 0.855. The summed E-state index contributed by atoms with van der Waals surface area (Å²) in [5, 5.41) is 12.3. The summed E-state index contributed by atoms with van der Waals surface area (Å²) in [5.74, 6) is -5.26. The van der Waals surface area contributed by atoms with Crippen LogP contribution in [0.2, 0.25) is 0 Å². The molecule has 1 aromatic heterocycles. The minimum absolute atomic E-state index is 0.0861. The SMILES string of the molecule is O=C(O)Cn1cc(-c2cc(F)c(F)c(F)c2)cn1. The van der Waals surface area contributed by atoms with Crippen LogP contribution in [0.3, 0.4) is 0 Å². The minimum atomic E-state index is -1.54. The molecular formula is C11H7F3N2O2. The summed E-state index contributed by atoms with van der Waals surface area (Å²) in [7, 11) is 0. The number of rotatable bonds is 3. The Bertz CT molecular complexity index is 587. The smallest absolute Gasteiger partial charge is 0.325 e. The number of benzene rings is 1. The fraction of sp³-hybridized carbons (Fsp3) is 0.0909. The van der Waals surface area contributed by atoms with Crippen molar-refractivity contribution in [3.63, 3.8) is 0 Å². The summed E-state index contributed by atoms with van der Waals surface area (Å²) in [6.07, 6.45) is 2.55. The normalized spacial score (nSPS) is 10.6. The number of halogens is 3. The zero-order chi connectivity index (χ0) is 13.3. The lowest BCUT2D eigenvalue weighted by Gasteiger charge is -2.00. The molecule has 0 saturated heterocycles. The Morgan fingerprint density at radius 2 is 1.83 bits per heavy atom. The van der Waals surface area contributed by atoms with E-state index >= 15 is 0 Å². The highest BCUT2D eigenvalue weighted by molar-refractivity contribution is 5.67. The molecule has 0 bridgehead atoms. The van der Waals surface area contributed by atoms with E-state index in [4.69, 9.17) is 5.11 Å². The molecule has 4 nitrogen and oxygen atoms in total. The predicted octanol–water partition coefficient (Wildman–Crippen LogP) is 2.05. The van der Waals surface area contributed by atoms with Crippen LogP contribution in [0, 0.1) is 17.5 Å². The topological polar surface area (TPSA) is 55.1 Å². The van der Waals surface area contributed by atoms with Crippen LogP contribution in [0.25, 0.3) is 11.1 Å². The second-order valence-corrected chi connectivity index (χ2v) is 3.57. The van der Waals surface area contributed by atoms with Gasteiger partial charge in [-0.3, -0.25) is 9.48 Å². The van der Waals surface area contributed by atoms with Gasteiger partial charge >= 0.3 is 5.97 Å². The summed E-state index contributed by atoms with van der Waals surface area (Å²) in [6, 6.07) is 1.64. The molecule has 1 aromatic carbocycles. The Kier molecular flexibility index (Phi) is 3.05. The second-order valence-electron chi connectivity index (χ2n) is 3.57. The largest absolute Gasteiger partial charge is 0.480 e. The first-order valence-electron chi connectivity index (χ1n) is 4.86. The Labute approximate surface area is 99.3 Å². The highest BCUT2D eigenvalue weighted by Gasteiger charge is 2.13. The van der Waals surface area contributed by atoms with Crippen LogP contribution in [0.5, 0.6) is 0 Å². The Morgan fingerprint density at radius 3 is 2.39 bits per heavy atom. The van der Waals surface area contributed by atoms with E-state index in [-0.39, 0.29) is 12.1 Å². The number of aromatic nitrogens is 2. The Hall–Kier alpha value is -2.31. The average Bonchev–Trinajstić information content (AvgIpc) is 2.72. The molecule has 0 aliphatic heterocycles. The molecule has 2 rings (SSSR count). The third kappa shape index (κ3) is 2.34. The molecule has 0 fully saturated rings. The van der Waals surface area contributed by atoms with E-state index in [1.54, 1.807) is 0 Å². The summed E-state index contributed by atoms with van der Waals surface area (Å²) >= 11 is 0. The first-order valence-corrected chi connectivity index (χ1v) is 4.86. The lowest BCUT2D eigenvalue weighted by atomic mass is 10.1. The molecule has 0 radical (unpaired) electrons. The van der Waals surface area contributed by atoms with E-state index in [1.165, 1.54) is 12.4 Å². The number of carboxylic acids is 1. The molecule has 0 atom stereocenters. The highest BCUT2D eigenvalue weighted by Crippen LogP contribution is 2.23. The number of aliphatic carboxylic acids is 1. The molecule has 1 N–H and O–H groups in total. The maximum Gasteiger partial charge on any atom is 0.325 e. The van der Waals surface area contributed by atoms with Crippen LogP contribution in [-0.2, 0) is 11.3 Å². The fourth-order valence-corrected chi connectivity index (χ4v) is 1.46. The number of carboxylic acid groups (broad SMARTS) is 1. The molecule has 0 saturated carbocycles. The van der Waals surface area contributed by atoms with Gasteiger partial charge in [-0.1, -0.05) is 0 Å². The van der Waals surface area contributed by atoms with Gasteiger partial charge in [-0.05, 0) is 17.7 Å². The van der Waals surface area contributed by atoms with E-state index in [0.717, 1.165) is 16.8 Å². The zero-order valence-electron chi connectivity index (χ0n) is 8.90. The third-order valence-corrected chi connectivity index (χ3v) is 2.25. The van der Waals surface area contributed by atoms with Crippen LogP contribution >= 0.6 is 0 Å². The van der Waals surface area contributed by atoms with Gasteiger partial charge in [0.2, 0.25) is 0 Å². The van der Waals surface area contributed by atoms with Crippen LogP contribution < -0.4 is 0 Å². The number of hydrogen-bond donors (Lipinski definition) is 1. The van der Waals surface area contributed by atoms with Crippen LogP contribution in [0.15, 0.2) is 24.5 Å². The van der Waals surface area contributed by atoms with Crippen molar-refractivity contribution in [2.45, 2.75) is 6.54 Å². The van der Waals surface area contributed by atoms with E-state index in [0.29, 0.717) is 5.56 Å². The summed E-state index contributed by atoms with van der Waals surface area (Å²) < 4.78 is 39.9. The van der Waals surface area contributed by atoms with Gasteiger partial charge in [0.25, 0.3) is 0 Å². The predicted molar refractivity (Wildman–Crippen MR) is 55.2 cm³/mol. The number of hydrogen-bond acceptors (Lipinski definition) is 2. The van der Waals surface area contributed by atoms with Crippen molar-refractivity contribution in [3.05, 3.63) is 42.0 Å². The Morgan fingerprint density at radius 1 is 1.22 bits per heavy atom. The van der Waals surface area contributed by atoms with Crippen molar-refractivity contribution in [1.29, 1.82) is 0 Å². The van der Waals surface area contributed by atoms with E-state index in [2.05, 4.69) is 5.10 Å². The summed E-state index contributed by atoms with van der Waals surface area (Å²) in [5.41, 5.74) is 0.386. The molecule has 0 unspecified atom stereocenters. The fourth-order valence-electron chi connectivity index (χ4n) is 1.46. The highest BCUT2D eigenvalue weighted by atomic mass is 19.2. The van der Waals surface area contributed by atoms with Gasteiger partial charge < -0.3 is 5.11 Å². The molecule has 18 heavy (non-hydrogen) atoms. The zero-order valence-corrected chi connectivity index (χ0v) is 8.90. The molecule has 2 aromatic rings. The molecule has 0 aliphatic carbocycles. The van der Waals surface area contributed by atoms with Gasteiger partial charge in [-0.25, -0.2) is 13.2 Å². The monoisotopic (exact) mass is 256 g/mol. The second kappa shape index (κ2) is 4.52. The average molecular weight is 256 g/mol. The van der Waals surface area contributed by atoms with Crippen molar-refractivity contribution in [1.82, 2.24) is 9.78 Å².